The maximum atomic E-state index is 12.8. The molecule has 146 valence electrons. The van der Waals surface area contributed by atoms with Gasteiger partial charge >= 0.3 is 0 Å². The summed E-state index contributed by atoms with van der Waals surface area (Å²) in [5, 5.41) is 15.4. The zero-order valence-electron chi connectivity index (χ0n) is 15.2. The molecule has 0 amide bonds. The van der Waals surface area contributed by atoms with Crippen LogP contribution in [-0.4, -0.2) is 35.9 Å². The highest BCUT2D eigenvalue weighted by atomic mass is 32.2. The first-order chi connectivity index (χ1) is 12.8. The van der Waals surface area contributed by atoms with E-state index in [2.05, 4.69) is 5.16 Å². The fourth-order valence-corrected chi connectivity index (χ4v) is 5.73. The fraction of sp³-hybridized carbons (Fsp3) is 0.471. The highest BCUT2D eigenvalue weighted by Crippen LogP contribution is 2.35. The number of thioether (sulfide) groups is 1. The molecule has 0 bridgehead atoms. The lowest BCUT2D eigenvalue weighted by Crippen LogP contribution is -2.35. The molecule has 2 heterocycles. The van der Waals surface area contributed by atoms with Crippen molar-refractivity contribution >= 4 is 27.5 Å². The molecule has 0 N–H and O–H groups in total. The molecule has 0 saturated carbocycles. The van der Waals surface area contributed by atoms with Gasteiger partial charge < -0.3 is 4.52 Å². The van der Waals surface area contributed by atoms with Crippen LogP contribution in [-0.2, 0) is 15.8 Å². The Morgan fingerprint density at radius 2 is 1.96 bits per heavy atom. The number of piperidine rings is 1. The van der Waals surface area contributed by atoms with Gasteiger partial charge in [-0.25, -0.2) is 8.42 Å². The standard InChI is InChI=1S/C17H21N3O5S2/c1-12-15(13(2)25-18-12)11-26-17-7-6-14(10-16(17)20(21)22)27(23,24)19-8-4-3-5-9-19/h6-7,10H,3-5,8-9,11H2,1-2H3. The van der Waals surface area contributed by atoms with Crippen molar-refractivity contribution in [2.45, 2.75) is 48.7 Å². The molecule has 1 saturated heterocycles. The number of nitro benzene ring substituents is 1. The topological polar surface area (TPSA) is 107 Å². The van der Waals surface area contributed by atoms with Crippen LogP contribution in [0.2, 0.25) is 0 Å². The number of aromatic nitrogens is 1. The average molecular weight is 412 g/mol. The Labute approximate surface area is 162 Å². The van der Waals surface area contributed by atoms with E-state index in [9.17, 15) is 18.5 Å². The summed E-state index contributed by atoms with van der Waals surface area (Å²) in [6, 6.07) is 4.13. The molecule has 0 spiro atoms. The van der Waals surface area contributed by atoms with E-state index in [1.165, 1.54) is 34.3 Å². The molecule has 2 aromatic rings. The maximum Gasteiger partial charge on any atom is 0.284 e. The molecule has 0 unspecified atom stereocenters. The van der Waals surface area contributed by atoms with E-state index in [-0.39, 0.29) is 10.6 Å². The van der Waals surface area contributed by atoms with Crippen LogP contribution in [0.1, 0.15) is 36.3 Å². The van der Waals surface area contributed by atoms with Gasteiger partial charge in [-0.3, -0.25) is 10.1 Å². The Balaban J connectivity index is 1.87. The minimum Gasteiger partial charge on any atom is -0.361 e. The molecular weight excluding hydrogens is 390 g/mol. The summed E-state index contributed by atoms with van der Waals surface area (Å²) in [7, 11) is -3.71. The van der Waals surface area contributed by atoms with E-state index in [0.717, 1.165) is 30.5 Å². The van der Waals surface area contributed by atoms with E-state index < -0.39 is 14.9 Å². The van der Waals surface area contributed by atoms with Crippen LogP contribution in [0.3, 0.4) is 0 Å². The lowest BCUT2D eigenvalue weighted by Gasteiger charge is -2.25. The molecule has 27 heavy (non-hydrogen) atoms. The van der Waals surface area contributed by atoms with Gasteiger partial charge in [0.1, 0.15) is 5.76 Å². The van der Waals surface area contributed by atoms with Crippen molar-refractivity contribution in [2.24, 2.45) is 0 Å². The van der Waals surface area contributed by atoms with Gasteiger partial charge in [0, 0.05) is 30.5 Å². The van der Waals surface area contributed by atoms with Gasteiger partial charge in [0.15, 0.2) is 0 Å². The molecule has 10 heteroatoms. The van der Waals surface area contributed by atoms with Gasteiger partial charge in [0.05, 0.1) is 20.4 Å². The summed E-state index contributed by atoms with van der Waals surface area (Å²) < 4.78 is 32.1. The monoisotopic (exact) mass is 411 g/mol. The number of hydrogen-bond acceptors (Lipinski definition) is 7. The Bertz CT molecular complexity index is 930. The van der Waals surface area contributed by atoms with Crippen LogP contribution in [0.5, 0.6) is 0 Å². The van der Waals surface area contributed by atoms with E-state index in [4.69, 9.17) is 4.52 Å². The molecule has 1 aromatic carbocycles. The zero-order chi connectivity index (χ0) is 19.6. The molecule has 1 aromatic heterocycles. The van der Waals surface area contributed by atoms with Crippen molar-refractivity contribution in [2.75, 3.05) is 13.1 Å². The first kappa shape index (κ1) is 19.8. The molecule has 3 rings (SSSR count). The highest BCUT2D eigenvalue weighted by molar-refractivity contribution is 7.98. The minimum absolute atomic E-state index is 0.0298. The van der Waals surface area contributed by atoms with Gasteiger partial charge in [-0.05, 0) is 38.8 Å². The van der Waals surface area contributed by atoms with E-state index in [0.29, 0.717) is 29.5 Å². The van der Waals surface area contributed by atoms with Crippen molar-refractivity contribution in [3.05, 3.63) is 45.3 Å². The number of hydrogen-bond donors (Lipinski definition) is 0. The van der Waals surface area contributed by atoms with E-state index in [1.807, 2.05) is 6.92 Å². The molecule has 1 aliphatic rings. The molecule has 0 radical (unpaired) electrons. The second kappa shape index (κ2) is 7.99. The van der Waals surface area contributed by atoms with Crippen LogP contribution < -0.4 is 0 Å². The summed E-state index contributed by atoms with van der Waals surface area (Å²) >= 11 is 1.27. The quantitative estimate of drug-likeness (QED) is 0.405. The lowest BCUT2D eigenvalue weighted by atomic mass is 10.2. The summed E-state index contributed by atoms with van der Waals surface area (Å²) in [5.74, 6) is 1.13. The van der Waals surface area contributed by atoms with E-state index in [1.54, 1.807) is 6.92 Å². The minimum atomic E-state index is -3.71. The third kappa shape index (κ3) is 4.17. The number of nitro groups is 1. The second-order valence-electron chi connectivity index (χ2n) is 6.44. The van der Waals surface area contributed by atoms with Gasteiger partial charge in [-0.2, -0.15) is 4.31 Å². The zero-order valence-corrected chi connectivity index (χ0v) is 16.8. The summed E-state index contributed by atoms with van der Waals surface area (Å²) in [6.45, 7) is 4.52. The number of aryl methyl sites for hydroxylation is 2. The third-order valence-electron chi connectivity index (χ3n) is 4.63. The van der Waals surface area contributed by atoms with Crippen molar-refractivity contribution in [3.63, 3.8) is 0 Å². The smallest absolute Gasteiger partial charge is 0.284 e. The van der Waals surface area contributed by atoms with Crippen molar-refractivity contribution < 1.29 is 17.9 Å². The lowest BCUT2D eigenvalue weighted by molar-refractivity contribution is -0.388. The third-order valence-corrected chi connectivity index (χ3v) is 7.62. The van der Waals surface area contributed by atoms with Gasteiger partial charge in [-0.15, -0.1) is 11.8 Å². The Kier molecular flexibility index (Phi) is 5.87. The number of nitrogens with zero attached hydrogens (tertiary/aromatic N) is 3. The largest absolute Gasteiger partial charge is 0.361 e. The fourth-order valence-electron chi connectivity index (χ4n) is 3.03. The van der Waals surface area contributed by atoms with Crippen LogP contribution >= 0.6 is 11.8 Å². The average Bonchev–Trinajstić information content (AvgIpc) is 2.98. The van der Waals surface area contributed by atoms with Gasteiger partial charge in [0.25, 0.3) is 5.69 Å². The number of benzene rings is 1. The van der Waals surface area contributed by atoms with Crippen molar-refractivity contribution in [3.8, 4) is 0 Å². The molecule has 1 aliphatic heterocycles. The molecular formula is C17H21N3O5S2. The first-order valence-electron chi connectivity index (χ1n) is 8.64. The van der Waals surface area contributed by atoms with Crippen LogP contribution in [0.15, 0.2) is 32.5 Å². The van der Waals surface area contributed by atoms with Crippen LogP contribution in [0.4, 0.5) is 5.69 Å². The summed E-state index contributed by atoms with van der Waals surface area (Å²) in [5.41, 5.74) is 1.43. The van der Waals surface area contributed by atoms with E-state index >= 15 is 0 Å². The molecule has 0 aliphatic carbocycles. The predicted molar refractivity (Wildman–Crippen MR) is 101 cm³/mol. The first-order valence-corrected chi connectivity index (χ1v) is 11.1. The maximum absolute atomic E-state index is 12.8. The van der Waals surface area contributed by atoms with Gasteiger partial charge in [-0.1, -0.05) is 11.6 Å². The molecule has 0 atom stereocenters. The summed E-state index contributed by atoms with van der Waals surface area (Å²) in [4.78, 5) is 11.4. The number of rotatable bonds is 6. The Morgan fingerprint density at radius 1 is 1.26 bits per heavy atom. The summed E-state index contributed by atoms with van der Waals surface area (Å²) in [6.07, 6.45) is 2.63. The van der Waals surface area contributed by atoms with Crippen LogP contribution in [0, 0.1) is 24.0 Å². The number of sulfonamides is 1. The highest BCUT2D eigenvalue weighted by Gasteiger charge is 2.28. The van der Waals surface area contributed by atoms with Gasteiger partial charge in [0.2, 0.25) is 10.0 Å². The van der Waals surface area contributed by atoms with Crippen molar-refractivity contribution in [1.82, 2.24) is 9.46 Å². The molecule has 1 fully saturated rings. The molecule has 8 nitrogen and oxygen atoms in total. The second-order valence-corrected chi connectivity index (χ2v) is 9.40. The van der Waals surface area contributed by atoms with Crippen LogP contribution in [0.25, 0.3) is 0 Å². The normalized spacial score (nSPS) is 15.8. The van der Waals surface area contributed by atoms with Crippen molar-refractivity contribution in [1.29, 1.82) is 0 Å². The SMILES string of the molecule is Cc1noc(C)c1CSc1ccc(S(=O)(=O)N2CCCCC2)cc1[N+](=O)[O-]. The Hall–Kier alpha value is -1.91. The Morgan fingerprint density at radius 3 is 2.56 bits per heavy atom. The predicted octanol–water partition coefficient (Wildman–Crippen LogP) is 3.67.